The van der Waals surface area contributed by atoms with Gasteiger partial charge in [-0.2, -0.15) is 5.10 Å². The molecule has 3 rings (SSSR count). The lowest BCUT2D eigenvalue weighted by Crippen LogP contribution is -2.40. The number of hydrogen-bond donors (Lipinski definition) is 1. The number of hydrogen-bond acceptors (Lipinski definition) is 5. The highest BCUT2D eigenvalue weighted by Crippen LogP contribution is 2.23. The molecular weight excluding hydrogens is 330 g/mol. The van der Waals surface area contributed by atoms with Crippen LogP contribution >= 0.6 is 0 Å². The van der Waals surface area contributed by atoms with Crippen LogP contribution in [0.5, 0.6) is 5.88 Å². The first-order valence-electron chi connectivity index (χ1n) is 8.22. The van der Waals surface area contributed by atoms with Gasteiger partial charge in [0.15, 0.2) is 5.69 Å². The van der Waals surface area contributed by atoms with Gasteiger partial charge in [-0.3, -0.25) is 9.78 Å². The highest BCUT2D eigenvalue weighted by atomic mass is 16.5. The number of nitrogens with zero attached hydrogens (tertiary/aromatic N) is 4. The first-order valence-corrected chi connectivity index (χ1v) is 8.22. The summed E-state index contributed by atoms with van der Waals surface area (Å²) >= 11 is 0. The monoisotopic (exact) mass is 351 g/mol. The lowest BCUT2D eigenvalue weighted by Gasteiger charge is -2.19. The van der Waals surface area contributed by atoms with E-state index in [0.29, 0.717) is 28.6 Å². The molecule has 0 saturated carbocycles. The number of aromatic nitrogens is 4. The molecular formula is C19H21N5O2. The minimum Gasteiger partial charge on any atom is -0.481 e. The third kappa shape index (κ3) is 3.88. The normalized spacial score (nSPS) is 11.2. The second-order valence-electron chi connectivity index (χ2n) is 6.80. The summed E-state index contributed by atoms with van der Waals surface area (Å²) in [5, 5.41) is 7.41. The largest absolute Gasteiger partial charge is 0.481 e. The predicted octanol–water partition coefficient (Wildman–Crippen LogP) is 2.87. The number of methoxy groups -OCH3 is 1. The van der Waals surface area contributed by atoms with Crippen molar-refractivity contribution in [3.05, 3.63) is 54.5 Å². The van der Waals surface area contributed by atoms with E-state index in [0.717, 1.165) is 0 Å². The summed E-state index contributed by atoms with van der Waals surface area (Å²) in [6.45, 7) is 5.78. The molecule has 3 aromatic rings. The van der Waals surface area contributed by atoms with Crippen LogP contribution in [-0.2, 0) is 0 Å². The van der Waals surface area contributed by atoms with Crippen LogP contribution in [0, 0.1) is 0 Å². The number of carbonyl (C=O) groups excluding carboxylic acids is 1. The van der Waals surface area contributed by atoms with Crippen LogP contribution in [0.3, 0.4) is 0 Å². The van der Waals surface area contributed by atoms with Gasteiger partial charge in [-0.05, 0) is 45.0 Å². The molecule has 0 fully saturated rings. The zero-order chi connectivity index (χ0) is 18.7. The van der Waals surface area contributed by atoms with Gasteiger partial charge in [0.2, 0.25) is 5.88 Å². The molecule has 0 aliphatic carbocycles. The van der Waals surface area contributed by atoms with E-state index in [9.17, 15) is 4.79 Å². The Balaban J connectivity index is 2.07. The minimum absolute atomic E-state index is 0.241. The fraction of sp³-hybridized carbons (Fsp3) is 0.263. The van der Waals surface area contributed by atoms with Gasteiger partial charge in [0.25, 0.3) is 5.91 Å². The molecule has 0 atom stereocenters. The Morgan fingerprint density at radius 1 is 1.15 bits per heavy atom. The van der Waals surface area contributed by atoms with Crippen LogP contribution in [0.1, 0.15) is 31.3 Å². The SMILES string of the molecule is COc1ccc(-n2nc(C(=O)NC(C)(C)C)cc2-c2ccccn2)cn1. The fourth-order valence-electron chi connectivity index (χ4n) is 2.41. The molecule has 3 heterocycles. The Labute approximate surface area is 152 Å². The van der Waals surface area contributed by atoms with Crippen molar-refractivity contribution in [2.75, 3.05) is 7.11 Å². The van der Waals surface area contributed by atoms with Crippen LogP contribution in [-0.4, -0.2) is 38.3 Å². The molecule has 0 saturated heterocycles. The molecule has 1 N–H and O–H groups in total. The van der Waals surface area contributed by atoms with E-state index in [1.54, 1.807) is 36.3 Å². The fourth-order valence-corrected chi connectivity index (χ4v) is 2.41. The van der Waals surface area contributed by atoms with Gasteiger partial charge in [-0.15, -0.1) is 0 Å². The second-order valence-corrected chi connectivity index (χ2v) is 6.80. The molecule has 0 bridgehead atoms. The van der Waals surface area contributed by atoms with Crippen molar-refractivity contribution in [2.45, 2.75) is 26.3 Å². The van der Waals surface area contributed by atoms with Gasteiger partial charge in [0, 0.05) is 17.8 Å². The number of ether oxygens (including phenoxy) is 1. The van der Waals surface area contributed by atoms with Crippen LogP contribution in [0.4, 0.5) is 0 Å². The maximum Gasteiger partial charge on any atom is 0.272 e. The van der Waals surface area contributed by atoms with Gasteiger partial charge in [0.05, 0.1) is 30.4 Å². The first kappa shape index (κ1) is 17.6. The standard InChI is InChI=1S/C19H21N5O2/c1-19(2,3)22-18(25)15-11-16(14-7-5-6-10-20-14)24(23-15)13-8-9-17(26-4)21-12-13/h5-12H,1-4H3,(H,22,25). The summed E-state index contributed by atoms with van der Waals surface area (Å²) in [5.74, 6) is 0.265. The summed E-state index contributed by atoms with van der Waals surface area (Å²) in [6, 6.07) is 10.9. The van der Waals surface area contributed by atoms with E-state index in [1.165, 1.54) is 0 Å². The summed E-state index contributed by atoms with van der Waals surface area (Å²) in [4.78, 5) is 21.1. The Morgan fingerprint density at radius 2 is 1.96 bits per heavy atom. The Morgan fingerprint density at radius 3 is 2.54 bits per heavy atom. The molecule has 7 nitrogen and oxygen atoms in total. The van der Waals surface area contributed by atoms with Crippen LogP contribution in [0.15, 0.2) is 48.8 Å². The summed E-state index contributed by atoms with van der Waals surface area (Å²) in [6.07, 6.45) is 3.34. The highest BCUT2D eigenvalue weighted by Gasteiger charge is 2.21. The molecule has 3 aromatic heterocycles. The average molecular weight is 351 g/mol. The molecule has 134 valence electrons. The molecule has 0 aliphatic rings. The van der Waals surface area contributed by atoms with Crippen molar-refractivity contribution in [2.24, 2.45) is 0 Å². The number of rotatable bonds is 4. The molecule has 26 heavy (non-hydrogen) atoms. The Kier molecular flexibility index (Phi) is 4.71. The van der Waals surface area contributed by atoms with E-state index in [1.807, 2.05) is 45.0 Å². The smallest absolute Gasteiger partial charge is 0.272 e. The van der Waals surface area contributed by atoms with Crippen molar-refractivity contribution in [1.29, 1.82) is 0 Å². The molecule has 0 spiro atoms. The number of carbonyl (C=O) groups is 1. The van der Waals surface area contributed by atoms with Gasteiger partial charge in [-0.25, -0.2) is 9.67 Å². The van der Waals surface area contributed by atoms with Crippen molar-refractivity contribution in [3.8, 4) is 23.0 Å². The Bertz CT molecular complexity index is 896. The zero-order valence-electron chi connectivity index (χ0n) is 15.2. The van der Waals surface area contributed by atoms with Gasteiger partial charge < -0.3 is 10.1 Å². The van der Waals surface area contributed by atoms with Crippen molar-refractivity contribution >= 4 is 5.91 Å². The summed E-state index contributed by atoms with van der Waals surface area (Å²) in [5.41, 5.74) is 2.09. The molecule has 7 heteroatoms. The highest BCUT2D eigenvalue weighted by molar-refractivity contribution is 5.94. The van der Waals surface area contributed by atoms with E-state index >= 15 is 0 Å². The zero-order valence-corrected chi connectivity index (χ0v) is 15.2. The maximum absolute atomic E-state index is 12.5. The second kappa shape index (κ2) is 6.95. The maximum atomic E-state index is 12.5. The van der Waals surface area contributed by atoms with E-state index in [4.69, 9.17) is 4.74 Å². The molecule has 0 aliphatic heterocycles. The topological polar surface area (TPSA) is 81.9 Å². The summed E-state index contributed by atoms with van der Waals surface area (Å²) < 4.78 is 6.76. The van der Waals surface area contributed by atoms with Crippen molar-refractivity contribution in [3.63, 3.8) is 0 Å². The quantitative estimate of drug-likeness (QED) is 0.781. The van der Waals surface area contributed by atoms with Gasteiger partial charge in [-0.1, -0.05) is 6.07 Å². The Hall–Kier alpha value is -3.22. The van der Waals surface area contributed by atoms with Crippen LogP contribution in [0.25, 0.3) is 17.1 Å². The molecule has 1 amide bonds. The van der Waals surface area contributed by atoms with Gasteiger partial charge >= 0.3 is 0 Å². The number of amides is 1. The lowest BCUT2D eigenvalue weighted by atomic mass is 10.1. The molecule has 0 unspecified atom stereocenters. The minimum atomic E-state index is -0.353. The lowest BCUT2D eigenvalue weighted by molar-refractivity contribution is 0.0914. The average Bonchev–Trinajstić information content (AvgIpc) is 3.07. The molecule has 0 aromatic carbocycles. The van der Waals surface area contributed by atoms with Crippen molar-refractivity contribution in [1.82, 2.24) is 25.1 Å². The van der Waals surface area contributed by atoms with Crippen LogP contribution in [0.2, 0.25) is 0 Å². The summed E-state index contributed by atoms with van der Waals surface area (Å²) in [7, 11) is 1.56. The first-order chi connectivity index (χ1) is 12.4. The van der Waals surface area contributed by atoms with Gasteiger partial charge in [0.1, 0.15) is 0 Å². The van der Waals surface area contributed by atoms with E-state index in [-0.39, 0.29) is 11.4 Å². The molecule has 0 radical (unpaired) electrons. The number of nitrogens with one attached hydrogen (secondary N) is 1. The third-order valence-corrected chi connectivity index (χ3v) is 3.53. The third-order valence-electron chi connectivity index (χ3n) is 3.53. The predicted molar refractivity (Wildman–Crippen MR) is 98.4 cm³/mol. The number of pyridine rings is 2. The van der Waals surface area contributed by atoms with Crippen molar-refractivity contribution < 1.29 is 9.53 Å². The van der Waals surface area contributed by atoms with E-state index in [2.05, 4.69) is 20.4 Å². The van der Waals surface area contributed by atoms with Crippen LogP contribution < -0.4 is 10.1 Å². The van der Waals surface area contributed by atoms with E-state index < -0.39 is 0 Å².